The molecule has 0 unspecified atom stereocenters. The van der Waals surface area contributed by atoms with E-state index in [9.17, 15) is 15.8 Å². The van der Waals surface area contributed by atoms with E-state index in [4.69, 9.17) is 10.5 Å². The van der Waals surface area contributed by atoms with E-state index in [1.165, 1.54) is 0 Å². The van der Waals surface area contributed by atoms with Gasteiger partial charge < -0.3 is 10.5 Å². The van der Waals surface area contributed by atoms with Crippen molar-refractivity contribution in [1.29, 1.82) is 15.8 Å². The van der Waals surface area contributed by atoms with Gasteiger partial charge in [-0.2, -0.15) is 15.8 Å². The minimum Gasteiger partial charge on any atom is -0.496 e. The van der Waals surface area contributed by atoms with Crippen LogP contribution in [0.25, 0.3) is 10.8 Å². The molecule has 1 heterocycles. The Morgan fingerprint density at radius 1 is 1.12 bits per heavy atom. The Bertz CT molecular complexity index is 1250. The van der Waals surface area contributed by atoms with Crippen LogP contribution in [0.1, 0.15) is 25.3 Å². The number of fused-ring (bicyclic) bond motifs is 2. The van der Waals surface area contributed by atoms with E-state index in [-0.39, 0.29) is 23.2 Å². The van der Waals surface area contributed by atoms with Crippen LogP contribution in [0, 0.1) is 45.3 Å². The van der Waals surface area contributed by atoms with Gasteiger partial charge in [-0.05, 0) is 36.3 Å². The standard InChI is InChI=1S/C26H25N5O/c1-16(2)31-11-10-19-20(12-27)25(30)26(14-28,15-29)24(21(19)13-31)23-18-7-5-4-6-17(18)8-9-22(23)32-3/h4-10,16,21,24H,11,13,30H2,1-3H3/t21-,24+/m0/s1. The average Bonchev–Trinajstić information content (AvgIpc) is 2.82. The number of rotatable bonds is 3. The summed E-state index contributed by atoms with van der Waals surface area (Å²) in [5.41, 5.74) is 6.68. The first-order valence-corrected chi connectivity index (χ1v) is 10.7. The highest BCUT2D eigenvalue weighted by Crippen LogP contribution is 2.57. The molecule has 2 aliphatic rings. The van der Waals surface area contributed by atoms with Gasteiger partial charge in [0.25, 0.3) is 0 Å². The van der Waals surface area contributed by atoms with Crippen molar-refractivity contribution in [1.82, 2.24) is 4.90 Å². The lowest BCUT2D eigenvalue weighted by atomic mass is 9.57. The maximum absolute atomic E-state index is 10.4. The van der Waals surface area contributed by atoms with Crippen molar-refractivity contribution in [2.24, 2.45) is 17.1 Å². The SMILES string of the molecule is COc1ccc2ccccc2c1[C@H]1[C@H]2CN(C(C)C)CC=C2C(C#N)=C(N)C1(C#N)C#N. The van der Waals surface area contributed by atoms with Crippen LogP contribution in [-0.2, 0) is 0 Å². The number of benzene rings is 2. The Morgan fingerprint density at radius 2 is 1.84 bits per heavy atom. The Kier molecular flexibility index (Phi) is 5.39. The summed E-state index contributed by atoms with van der Waals surface area (Å²) in [7, 11) is 1.59. The summed E-state index contributed by atoms with van der Waals surface area (Å²) in [6, 6.07) is 18.6. The Balaban J connectivity index is 2.12. The molecular formula is C26H25N5O. The molecule has 2 atom stereocenters. The van der Waals surface area contributed by atoms with Gasteiger partial charge in [0, 0.05) is 36.5 Å². The molecule has 2 N–H and O–H groups in total. The molecule has 0 spiro atoms. The monoisotopic (exact) mass is 423 g/mol. The van der Waals surface area contributed by atoms with Crippen molar-refractivity contribution in [3.63, 3.8) is 0 Å². The van der Waals surface area contributed by atoms with Crippen LogP contribution in [0.3, 0.4) is 0 Å². The van der Waals surface area contributed by atoms with Gasteiger partial charge in [-0.15, -0.1) is 0 Å². The van der Waals surface area contributed by atoms with E-state index in [1.807, 2.05) is 42.5 Å². The average molecular weight is 424 g/mol. The molecule has 0 aromatic heterocycles. The van der Waals surface area contributed by atoms with Crippen molar-refractivity contribution in [2.45, 2.75) is 25.8 Å². The molecule has 4 rings (SSSR count). The second-order valence-corrected chi connectivity index (χ2v) is 8.63. The number of ether oxygens (including phenoxy) is 1. The molecule has 0 saturated carbocycles. The van der Waals surface area contributed by atoms with Gasteiger partial charge in [-0.25, -0.2) is 0 Å². The lowest BCUT2D eigenvalue weighted by molar-refractivity contribution is 0.173. The molecule has 0 radical (unpaired) electrons. The van der Waals surface area contributed by atoms with E-state index >= 15 is 0 Å². The van der Waals surface area contributed by atoms with Crippen LogP contribution in [-0.4, -0.2) is 31.1 Å². The lowest BCUT2D eigenvalue weighted by Crippen LogP contribution is -2.49. The van der Waals surface area contributed by atoms with E-state index in [0.717, 1.165) is 21.9 Å². The van der Waals surface area contributed by atoms with Gasteiger partial charge >= 0.3 is 0 Å². The number of allylic oxidation sites excluding steroid dienone is 2. The van der Waals surface area contributed by atoms with Crippen molar-refractivity contribution in [3.8, 4) is 24.0 Å². The third kappa shape index (κ3) is 2.94. The van der Waals surface area contributed by atoms with Gasteiger partial charge in [0.2, 0.25) is 0 Å². The van der Waals surface area contributed by atoms with E-state index < -0.39 is 11.3 Å². The van der Waals surface area contributed by atoms with Gasteiger partial charge in [-0.1, -0.05) is 36.4 Å². The number of nitrogens with zero attached hydrogens (tertiary/aromatic N) is 4. The minimum atomic E-state index is -1.69. The molecule has 0 saturated heterocycles. The van der Waals surface area contributed by atoms with Crippen molar-refractivity contribution >= 4 is 10.8 Å². The Morgan fingerprint density at radius 3 is 2.47 bits per heavy atom. The van der Waals surface area contributed by atoms with E-state index in [1.54, 1.807) is 7.11 Å². The highest BCUT2D eigenvalue weighted by molar-refractivity contribution is 5.89. The third-order valence-corrected chi connectivity index (χ3v) is 6.88. The summed E-state index contributed by atoms with van der Waals surface area (Å²) < 4.78 is 5.76. The Labute approximate surface area is 188 Å². The molecule has 0 fully saturated rings. The first-order chi connectivity index (χ1) is 15.4. The summed E-state index contributed by atoms with van der Waals surface area (Å²) in [5.74, 6) is -0.242. The summed E-state index contributed by atoms with van der Waals surface area (Å²) >= 11 is 0. The van der Waals surface area contributed by atoms with Crippen molar-refractivity contribution in [2.75, 3.05) is 20.2 Å². The highest BCUT2D eigenvalue weighted by atomic mass is 16.5. The highest BCUT2D eigenvalue weighted by Gasteiger charge is 2.55. The predicted molar refractivity (Wildman–Crippen MR) is 122 cm³/mol. The first-order valence-electron chi connectivity index (χ1n) is 10.7. The van der Waals surface area contributed by atoms with Gasteiger partial charge in [0.1, 0.15) is 11.8 Å². The summed E-state index contributed by atoms with van der Waals surface area (Å²) in [6.07, 6.45) is 2.03. The number of methoxy groups -OCH3 is 1. The summed E-state index contributed by atoms with van der Waals surface area (Å²) in [5, 5.41) is 32.6. The molecule has 32 heavy (non-hydrogen) atoms. The van der Waals surface area contributed by atoms with Crippen LogP contribution >= 0.6 is 0 Å². The Hall–Kier alpha value is -3.79. The van der Waals surface area contributed by atoms with Crippen molar-refractivity contribution in [3.05, 3.63) is 64.9 Å². The first kappa shape index (κ1) is 21.4. The number of nitriles is 3. The van der Waals surface area contributed by atoms with Crippen molar-refractivity contribution < 1.29 is 4.74 Å². The molecule has 2 aromatic carbocycles. The number of nitrogens with two attached hydrogens (primary N) is 1. The lowest BCUT2D eigenvalue weighted by Gasteiger charge is -2.46. The van der Waals surface area contributed by atoms with Gasteiger partial charge in [0.05, 0.1) is 30.5 Å². The molecular weight excluding hydrogens is 398 g/mol. The molecule has 0 bridgehead atoms. The van der Waals surface area contributed by atoms with Gasteiger partial charge in [0.15, 0.2) is 5.41 Å². The zero-order valence-corrected chi connectivity index (χ0v) is 18.5. The molecule has 2 aromatic rings. The fourth-order valence-corrected chi connectivity index (χ4v) is 5.21. The molecule has 1 aliphatic heterocycles. The third-order valence-electron chi connectivity index (χ3n) is 6.88. The zero-order valence-electron chi connectivity index (χ0n) is 18.5. The minimum absolute atomic E-state index is 0.0329. The summed E-state index contributed by atoms with van der Waals surface area (Å²) in [4.78, 5) is 2.29. The second-order valence-electron chi connectivity index (χ2n) is 8.63. The smallest absolute Gasteiger partial charge is 0.191 e. The molecule has 0 amide bonds. The second kappa shape index (κ2) is 8.04. The molecule has 160 valence electrons. The fraction of sp³-hybridized carbons (Fsp3) is 0.346. The maximum atomic E-state index is 10.4. The van der Waals surface area contributed by atoms with Crippen LogP contribution in [0.15, 0.2) is 59.3 Å². The number of hydrogen-bond acceptors (Lipinski definition) is 6. The van der Waals surface area contributed by atoms with Crippen LogP contribution in [0.5, 0.6) is 5.75 Å². The summed E-state index contributed by atoms with van der Waals surface area (Å²) in [6.45, 7) is 5.54. The van der Waals surface area contributed by atoms with Crippen LogP contribution in [0.2, 0.25) is 0 Å². The van der Waals surface area contributed by atoms with Gasteiger partial charge in [-0.3, -0.25) is 4.90 Å². The number of hydrogen-bond donors (Lipinski definition) is 1. The van der Waals surface area contributed by atoms with E-state index in [0.29, 0.717) is 18.8 Å². The quantitative estimate of drug-likeness (QED) is 0.799. The molecule has 1 aliphatic carbocycles. The topological polar surface area (TPSA) is 110 Å². The largest absolute Gasteiger partial charge is 0.496 e. The predicted octanol–water partition coefficient (Wildman–Crippen LogP) is 3.98. The van der Waals surface area contributed by atoms with E-state index in [2.05, 4.69) is 37.0 Å². The van der Waals surface area contributed by atoms with Crippen LogP contribution < -0.4 is 10.5 Å². The van der Waals surface area contributed by atoms with Crippen LogP contribution in [0.4, 0.5) is 0 Å². The zero-order chi connectivity index (χ0) is 23.0. The normalized spacial score (nSPS) is 22.5. The maximum Gasteiger partial charge on any atom is 0.191 e. The fourth-order valence-electron chi connectivity index (χ4n) is 5.21. The molecule has 6 nitrogen and oxygen atoms in total. The molecule has 6 heteroatoms.